The van der Waals surface area contributed by atoms with Crippen LogP contribution >= 0.6 is 0 Å². The van der Waals surface area contributed by atoms with Crippen molar-refractivity contribution in [3.05, 3.63) is 47.6 Å². The van der Waals surface area contributed by atoms with Gasteiger partial charge in [-0.1, -0.05) is 37.1 Å². The zero-order valence-electron chi connectivity index (χ0n) is 12.0. The first-order valence-corrected chi connectivity index (χ1v) is 7.52. The van der Waals surface area contributed by atoms with Crippen molar-refractivity contribution in [3.63, 3.8) is 0 Å². The van der Waals surface area contributed by atoms with E-state index in [9.17, 15) is 20.4 Å². The molecule has 1 fully saturated rings. The fourth-order valence-electron chi connectivity index (χ4n) is 3.67. The van der Waals surface area contributed by atoms with Crippen molar-refractivity contribution >= 4 is 0 Å². The summed E-state index contributed by atoms with van der Waals surface area (Å²) in [5, 5.41) is 38.5. The summed E-state index contributed by atoms with van der Waals surface area (Å²) in [4.78, 5) is 0. The van der Waals surface area contributed by atoms with Crippen LogP contribution in [0.4, 0.5) is 0 Å². The van der Waals surface area contributed by atoms with Crippen LogP contribution in [0.15, 0.2) is 47.6 Å². The molecule has 3 rings (SSSR count). The Morgan fingerprint density at radius 3 is 1.48 bits per heavy atom. The van der Waals surface area contributed by atoms with Crippen molar-refractivity contribution < 1.29 is 20.4 Å². The third-order valence-corrected chi connectivity index (χ3v) is 4.87. The molecule has 0 aromatic heterocycles. The van der Waals surface area contributed by atoms with Crippen molar-refractivity contribution in [2.75, 3.05) is 0 Å². The average molecular weight is 290 g/mol. The van der Waals surface area contributed by atoms with E-state index < -0.39 is 11.6 Å². The van der Waals surface area contributed by atoms with Gasteiger partial charge in [-0.25, -0.2) is 0 Å². The summed E-state index contributed by atoms with van der Waals surface area (Å²) in [7, 11) is 0. The molecular formula is C17H22O4. The summed E-state index contributed by atoms with van der Waals surface area (Å²) in [6, 6.07) is 0. The van der Waals surface area contributed by atoms with E-state index in [-0.39, 0.29) is 18.3 Å². The Bertz CT molecular complexity index is 499. The predicted octanol–water partition coefficient (Wildman–Crippen LogP) is 1.68. The first kappa shape index (κ1) is 14.7. The van der Waals surface area contributed by atoms with Gasteiger partial charge in [-0.05, 0) is 36.1 Å². The van der Waals surface area contributed by atoms with Crippen LogP contribution < -0.4 is 0 Å². The minimum Gasteiger partial charge on any atom is -0.362 e. The molecule has 3 aliphatic rings. The molecule has 0 aliphatic heterocycles. The maximum Gasteiger partial charge on any atom is 0.186 e. The summed E-state index contributed by atoms with van der Waals surface area (Å²) in [6.07, 6.45) is 15.0. The minimum atomic E-state index is -1.74. The van der Waals surface area contributed by atoms with Crippen LogP contribution in [0.2, 0.25) is 0 Å². The molecule has 0 unspecified atom stereocenters. The van der Waals surface area contributed by atoms with Crippen molar-refractivity contribution in [3.8, 4) is 0 Å². The highest BCUT2D eigenvalue weighted by Gasteiger charge is 2.41. The zero-order valence-corrected chi connectivity index (χ0v) is 12.0. The Labute approximate surface area is 124 Å². The molecule has 21 heavy (non-hydrogen) atoms. The van der Waals surface area contributed by atoms with Gasteiger partial charge in [0, 0.05) is 18.3 Å². The summed E-state index contributed by atoms with van der Waals surface area (Å²) < 4.78 is 0. The molecule has 0 spiro atoms. The maximum absolute atomic E-state index is 9.63. The molecular weight excluding hydrogens is 268 g/mol. The predicted molar refractivity (Wildman–Crippen MR) is 78.9 cm³/mol. The topological polar surface area (TPSA) is 80.9 Å². The Balaban J connectivity index is 1.92. The number of allylic oxidation sites excluding steroid dienone is 4. The minimum absolute atomic E-state index is 0.125. The molecule has 4 nitrogen and oxygen atoms in total. The van der Waals surface area contributed by atoms with E-state index in [1.807, 2.05) is 24.3 Å². The van der Waals surface area contributed by atoms with E-state index in [0.29, 0.717) is 0 Å². The third kappa shape index (κ3) is 2.77. The quantitative estimate of drug-likeness (QED) is 0.583. The summed E-state index contributed by atoms with van der Waals surface area (Å²) >= 11 is 0. The van der Waals surface area contributed by atoms with Crippen LogP contribution in [0.25, 0.3) is 0 Å². The lowest BCUT2D eigenvalue weighted by atomic mass is 9.69. The molecule has 3 aliphatic carbocycles. The van der Waals surface area contributed by atoms with Gasteiger partial charge in [0.05, 0.1) is 0 Å². The second-order valence-corrected chi connectivity index (χ2v) is 6.44. The SMILES string of the molecule is OC1(O)C=CC(C2(C3=CCC(O)(O)C=C3)CCCC2)=CC1. The fraction of sp³-hybridized carbons (Fsp3) is 0.529. The van der Waals surface area contributed by atoms with Crippen LogP contribution in [0.3, 0.4) is 0 Å². The molecule has 0 aromatic carbocycles. The van der Waals surface area contributed by atoms with E-state index in [4.69, 9.17) is 0 Å². The van der Waals surface area contributed by atoms with Crippen LogP contribution in [0, 0.1) is 5.41 Å². The fourth-order valence-corrected chi connectivity index (χ4v) is 3.67. The lowest BCUT2D eigenvalue weighted by Gasteiger charge is -2.37. The molecule has 4 heteroatoms. The number of hydrogen-bond acceptors (Lipinski definition) is 4. The first-order chi connectivity index (χ1) is 9.83. The number of hydrogen-bond donors (Lipinski definition) is 4. The molecule has 1 saturated carbocycles. The van der Waals surface area contributed by atoms with Crippen LogP contribution in [0.5, 0.6) is 0 Å². The standard InChI is InChI=1S/C17H22O4/c18-16(19)9-3-13(4-10-16)15(7-1-2-8-15)14-5-11-17(20,21)12-6-14/h3-6,9,11,18-21H,1-2,7-8,10,12H2. The molecule has 0 atom stereocenters. The Hall–Kier alpha value is -1.20. The van der Waals surface area contributed by atoms with Gasteiger partial charge in [0.2, 0.25) is 0 Å². The van der Waals surface area contributed by atoms with E-state index in [1.54, 1.807) is 0 Å². The summed E-state index contributed by atoms with van der Waals surface area (Å²) in [5.41, 5.74) is 2.09. The van der Waals surface area contributed by atoms with Gasteiger partial charge >= 0.3 is 0 Å². The van der Waals surface area contributed by atoms with Gasteiger partial charge in [0.15, 0.2) is 11.6 Å². The Kier molecular flexibility index (Phi) is 3.45. The first-order valence-electron chi connectivity index (χ1n) is 7.52. The van der Waals surface area contributed by atoms with Crippen molar-refractivity contribution in [2.24, 2.45) is 5.41 Å². The van der Waals surface area contributed by atoms with E-state index in [2.05, 4.69) is 0 Å². The van der Waals surface area contributed by atoms with Gasteiger partial charge in [-0.15, -0.1) is 0 Å². The highest BCUT2D eigenvalue weighted by Crippen LogP contribution is 2.52. The molecule has 0 bridgehead atoms. The third-order valence-electron chi connectivity index (χ3n) is 4.87. The second-order valence-electron chi connectivity index (χ2n) is 6.44. The Morgan fingerprint density at radius 2 is 1.14 bits per heavy atom. The second kappa shape index (κ2) is 4.92. The monoisotopic (exact) mass is 290 g/mol. The Morgan fingerprint density at radius 1 is 0.714 bits per heavy atom. The van der Waals surface area contributed by atoms with E-state index in [1.165, 1.54) is 12.2 Å². The lowest BCUT2D eigenvalue weighted by Crippen LogP contribution is -2.31. The molecule has 0 aromatic rings. The molecule has 0 radical (unpaired) electrons. The highest BCUT2D eigenvalue weighted by molar-refractivity contribution is 5.46. The molecule has 0 heterocycles. The zero-order chi connectivity index (χ0) is 15.1. The summed E-state index contributed by atoms with van der Waals surface area (Å²) in [5.74, 6) is -3.49. The van der Waals surface area contributed by atoms with E-state index >= 15 is 0 Å². The molecule has 0 amide bonds. The molecule has 114 valence electrons. The van der Waals surface area contributed by atoms with E-state index in [0.717, 1.165) is 36.8 Å². The normalized spacial score (nSPS) is 29.1. The van der Waals surface area contributed by atoms with Crippen molar-refractivity contribution in [1.29, 1.82) is 0 Å². The van der Waals surface area contributed by atoms with Gasteiger partial charge in [-0.2, -0.15) is 0 Å². The van der Waals surface area contributed by atoms with Gasteiger partial charge < -0.3 is 20.4 Å². The largest absolute Gasteiger partial charge is 0.362 e. The van der Waals surface area contributed by atoms with Crippen LogP contribution in [-0.2, 0) is 0 Å². The number of aliphatic hydroxyl groups is 4. The van der Waals surface area contributed by atoms with Gasteiger partial charge in [0.1, 0.15) is 0 Å². The maximum atomic E-state index is 9.63. The highest BCUT2D eigenvalue weighted by atomic mass is 16.5. The summed E-state index contributed by atoms with van der Waals surface area (Å²) in [6.45, 7) is 0. The van der Waals surface area contributed by atoms with Gasteiger partial charge in [-0.3, -0.25) is 0 Å². The molecule has 0 saturated heterocycles. The smallest absolute Gasteiger partial charge is 0.186 e. The molecule has 4 N–H and O–H groups in total. The van der Waals surface area contributed by atoms with Crippen LogP contribution in [-0.4, -0.2) is 32.0 Å². The number of rotatable bonds is 2. The van der Waals surface area contributed by atoms with Gasteiger partial charge in [0.25, 0.3) is 0 Å². The lowest BCUT2D eigenvalue weighted by molar-refractivity contribution is -0.115. The van der Waals surface area contributed by atoms with Crippen LogP contribution in [0.1, 0.15) is 38.5 Å². The van der Waals surface area contributed by atoms with Crippen molar-refractivity contribution in [2.45, 2.75) is 50.1 Å². The van der Waals surface area contributed by atoms with Crippen molar-refractivity contribution in [1.82, 2.24) is 0 Å². The average Bonchev–Trinajstić information content (AvgIpc) is 2.89.